The minimum absolute atomic E-state index is 0.106. The van der Waals surface area contributed by atoms with Crippen LogP contribution in [0.5, 0.6) is 0 Å². The summed E-state index contributed by atoms with van der Waals surface area (Å²) in [5.41, 5.74) is -1.00. The third kappa shape index (κ3) is 1.31. The Morgan fingerprint density at radius 3 is 2.43 bits per heavy atom. The van der Waals surface area contributed by atoms with E-state index >= 15 is 0 Å². The Morgan fingerprint density at radius 1 is 1.21 bits per heavy atom. The number of alkyl halides is 3. The average Bonchev–Trinajstić information content (AvgIpc) is 2.44. The van der Waals surface area contributed by atoms with Crippen molar-refractivity contribution in [1.82, 2.24) is 3.96 Å². The molecule has 74 valence electrons. The van der Waals surface area contributed by atoms with Gasteiger partial charge in [-0.15, -0.1) is 13.2 Å². The molecule has 2 rings (SSSR count). The standard InChI is InChI=1S/C8H4F3NOS/c9-8(10,11)12-7(13)5-3-1-2-4-6(5)14-12/h1-4H. The fraction of sp³-hybridized carbons (Fsp3) is 0.125. The molecule has 2 nitrogen and oxygen atoms in total. The van der Waals surface area contributed by atoms with Crippen molar-refractivity contribution in [3.05, 3.63) is 34.6 Å². The van der Waals surface area contributed by atoms with Gasteiger partial charge in [0.05, 0.1) is 10.1 Å². The van der Waals surface area contributed by atoms with Crippen LogP contribution in [0.2, 0.25) is 0 Å². The van der Waals surface area contributed by atoms with Crippen molar-refractivity contribution < 1.29 is 13.2 Å². The van der Waals surface area contributed by atoms with Gasteiger partial charge in [-0.05, 0) is 23.7 Å². The maximum Gasteiger partial charge on any atom is 0.500 e. The predicted molar refractivity (Wildman–Crippen MR) is 47.4 cm³/mol. The molecule has 0 saturated carbocycles. The molecule has 0 atom stereocenters. The van der Waals surface area contributed by atoms with Crippen LogP contribution < -0.4 is 5.56 Å². The normalized spacial score (nSPS) is 12.2. The summed E-state index contributed by atoms with van der Waals surface area (Å²) in [7, 11) is 0. The highest BCUT2D eigenvalue weighted by molar-refractivity contribution is 7.13. The summed E-state index contributed by atoms with van der Waals surface area (Å²) < 4.78 is 37.0. The number of fused-ring (bicyclic) bond motifs is 1. The molecular formula is C8H4F3NOS. The maximum atomic E-state index is 12.3. The van der Waals surface area contributed by atoms with Crippen molar-refractivity contribution in [3.8, 4) is 0 Å². The zero-order valence-electron chi connectivity index (χ0n) is 6.71. The third-order valence-electron chi connectivity index (χ3n) is 1.72. The van der Waals surface area contributed by atoms with Gasteiger partial charge in [0, 0.05) is 0 Å². The van der Waals surface area contributed by atoms with Gasteiger partial charge in [0.15, 0.2) is 0 Å². The maximum absolute atomic E-state index is 12.3. The topological polar surface area (TPSA) is 22.0 Å². The van der Waals surface area contributed by atoms with Crippen LogP contribution in [-0.4, -0.2) is 3.96 Å². The van der Waals surface area contributed by atoms with E-state index in [4.69, 9.17) is 0 Å². The lowest BCUT2D eigenvalue weighted by molar-refractivity contribution is -0.197. The van der Waals surface area contributed by atoms with Crippen molar-refractivity contribution >= 4 is 21.6 Å². The number of aromatic nitrogens is 1. The van der Waals surface area contributed by atoms with E-state index in [2.05, 4.69) is 0 Å². The number of nitrogens with zero attached hydrogens (tertiary/aromatic N) is 1. The van der Waals surface area contributed by atoms with Gasteiger partial charge in [-0.2, -0.15) is 3.96 Å². The number of hydrogen-bond donors (Lipinski definition) is 0. The van der Waals surface area contributed by atoms with Gasteiger partial charge in [-0.1, -0.05) is 12.1 Å². The molecule has 0 saturated heterocycles. The molecule has 0 aliphatic carbocycles. The van der Waals surface area contributed by atoms with Crippen LogP contribution in [0.4, 0.5) is 13.2 Å². The Hall–Kier alpha value is -1.30. The molecular weight excluding hydrogens is 215 g/mol. The fourth-order valence-corrected chi connectivity index (χ4v) is 2.01. The average molecular weight is 219 g/mol. The second-order valence-corrected chi connectivity index (χ2v) is 3.64. The SMILES string of the molecule is O=c1c2ccccc2sn1C(F)(F)F. The van der Waals surface area contributed by atoms with Crippen LogP contribution in [0, 0.1) is 0 Å². The van der Waals surface area contributed by atoms with Crippen LogP contribution >= 0.6 is 11.5 Å². The molecule has 14 heavy (non-hydrogen) atoms. The van der Waals surface area contributed by atoms with Gasteiger partial charge in [-0.25, -0.2) is 0 Å². The van der Waals surface area contributed by atoms with E-state index in [1.807, 2.05) is 0 Å². The Labute approximate surface area is 80.3 Å². The summed E-state index contributed by atoms with van der Waals surface area (Å²) >= 11 is 0.410. The zero-order valence-corrected chi connectivity index (χ0v) is 7.52. The molecule has 0 aliphatic rings. The highest BCUT2D eigenvalue weighted by atomic mass is 32.1. The molecule has 0 amide bonds. The van der Waals surface area contributed by atoms with Crippen molar-refractivity contribution in [3.63, 3.8) is 0 Å². The lowest BCUT2D eigenvalue weighted by Gasteiger charge is -2.02. The van der Waals surface area contributed by atoms with Gasteiger partial charge in [0.1, 0.15) is 0 Å². The lowest BCUT2D eigenvalue weighted by atomic mass is 10.3. The minimum Gasteiger partial charge on any atom is -0.267 e. The Bertz CT molecular complexity index is 525. The molecule has 0 N–H and O–H groups in total. The first-order valence-electron chi connectivity index (χ1n) is 3.68. The molecule has 0 fully saturated rings. The summed E-state index contributed by atoms with van der Waals surface area (Å²) in [5, 5.41) is 0.106. The first-order valence-corrected chi connectivity index (χ1v) is 4.46. The third-order valence-corrected chi connectivity index (χ3v) is 2.83. The highest BCUT2D eigenvalue weighted by Gasteiger charge is 2.34. The molecule has 0 radical (unpaired) electrons. The molecule has 0 unspecified atom stereocenters. The Morgan fingerprint density at radius 2 is 1.86 bits per heavy atom. The monoisotopic (exact) mass is 219 g/mol. The Kier molecular flexibility index (Phi) is 1.88. The molecule has 2 aromatic rings. The van der Waals surface area contributed by atoms with Crippen LogP contribution in [0.1, 0.15) is 0 Å². The van der Waals surface area contributed by atoms with Gasteiger partial charge in [0.2, 0.25) is 0 Å². The van der Waals surface area contributed by atoms with E-state index in [1.54, 1.807) is 6.07 Å². The molecule has 0 aliphatic heterocycles. The Balaban J connectivity index is 2.82. The second kappa shape index (κ2) is 2.84. The van der Waals surface area contributed by atoms with Crippen molar-refractivity contribution in [1.29, 1.82) is 0 Å². The minimum atomic E-state index is -4.62. The predicted octanol–water partition coefficient (Wildman–Crippen LogP) is 2.54. The highest BCUT2D eigenvalue weighted by Crippen LogP contribution is 2.26. The second-order valence-electron chi connectivity index (χ2n) is 2.65. The summed E-state index contributed by atoms with van der Waals surface area (Å²) in [6.45, 7) is 0. The van der Waals surface area contributed by atoms with Gasteiger partial charge < -0.3 is 0 Å². The summed E-state index contributed by atoms with van der Waals surface area (Å²) in [6.07, 6.45) is -4.62. The number of benzene rings is 1. The van der Waals surface area contributed by atoms with E-state index < -0.39 is 11.9 Å². The molecule has 0 spiro atoms. The van der Waals surface area contributed by atoms with Crippen molar-refractivity contribution in [2.75, 3.05) is 0 Å². The van der Waals surface area contributed by atoms with E-state index in [-0.39, 0.29) is 9.34 Å². The van der Waals surface area contributed by atoms with Crippen molar-refractivity contribution in [2.45, 2.75) is 6.30 Å². The van der Waals surface area contributed by atoms with Gasteiger partial charge in [0.25, 0.3) is 5.56 Å². The van der Waals surface area contributed by atoms with Crippen LogP contribution in [-0.2, 0) is 6.30 Å². The number of hydrogen-bond acceptors (Lipinski definition) is 2. The quantitative estimate of drug-likeness (QED) is 0.667. The largest absolute Gasteiger partial charge is 0.500 e. The zero-order chi connectivity index (χ0) is 10.3. The fourth-order valence-electron chi connectivity index (χ4n) is 1.14. The van der Waals surface area contributed by atoms with Gasteiger partial charge in [-0.3, -0.25) is 4.79 Å². The summed E-state index contributed by atoms with van der Waals surface area (Å²) in [6, 6.07) is 6.01. The molecule has 1 aromatic carbocycles. The van der Waals surface area contributed by atoms with Crippen molar-refractivity contribution in [2.24, 2.45) is 0 Å². The molecule has 6 heteroatoms. The van der Waals surface area contributed by atoms with E-state index in [0.29, 0.717) is 16.2 Å². The smallest absolute Gasteiger partial charge is 0.267 e. The first kappa shape index (κ1) is 9.26. The molecule has 1 aromatic heterocycles. The molecule has 1 heterocycles. The summed E-state index contributed by atoms with van der Waals surface area (Å²) in [5.74, 6) is 0. The van der Waals surface area contributed by atoms with E-state index in [9.17, 15) is 18.0 Å². The first-order chi connectivity index (χ1) is 6.50. The summed E-state index contributed by atoms with van der Waals surface area (Å²) in [4.78, 5) is 11.2. The van der Waals surface area contributed by atoms with E-state index in [1.165, 1.54) is 18.2 Å². The van der Waals surface area contributed by atoms with Gasteiger partial charge >= 0.3 is 6.30 Å². The molecule has 0 bridgehead atoms. The van der Waals surface area contributed by atoms with Crippen LogP contribution in [0.3, 0.4) is 0 Å². The van der Waals surface area contributed by atoms with Crippen LogP contribution in [0.25, 0.3) is 10.1 Å². The van der Waals surface area contributed by atoms with Crippen LogP contribution in [0.15, 0.2) is 29.1 Å². The number of rotatable bonds is 0. The number of halogens is 3. The van der Waals surface area contributed by atoms with E-state index in [0.717, 1.165) is 0 Å². The lowest BCUT2D eigenvalue weighted by Crippen LogP contribution is -2.25.